The number of hydrogen-bond acceptors (Lipinski definition) is 2. The van der Waals surface area contributed by atoms with Crippen molar-refractivity contribution in [3.05, 3.63) is 0 Å². The molecule has 0 atom stereocenters. The predicted molar refractivity (Wildman–Crippen MR) is 56.8 cm³/mol. The number of carbonyl (C=O) groups is 2. The van der Waals surface area contributed by atoms with Crippen molar-refractivity contribution in [3.63, 3.8) is 0 Å². The van der Waals surface area contributed by atoms with Gasteiger partial charge in [-0.2, -0.15) is 0 Å². The Balaban J connectivity index is 2.62. The zero-order chi connectivity index (χ0) is 13.1. The number of amides is 1. The normalized spacial score (nSPS) is 18.4. The van der Waals surface area contributed by atoms with Gasteiger partial charge in [-0.1, -0.05) is 12.8 Å². The molecule has 1 amide bonds. The lowest BCUT2D eigenvalue weighted by molar-refractivity contribution is -0.153. The molecule has 0 aromatic carbocycles. The van der Waals surface area contributed by atoms with Gasteiger partial charge in [-0.05, 0) is 12.8 Å². The number of carboxylic acid groups (broad SMARTS) is 1. The molecule has 0 bridgehead atoms. The predicted octanol–water partition coefficient (Wildman–Crippen LogP) is 1.75. The summed E-state index contributed by atoms with van der Waals surface area (Å²) >= 11 is 0. The summed E-state index contributed by atoms with van der Waals surface area (Å²) in [6, 6.07) is 0. The van der Waals surface area contributed by atoms with Gasteiger partial charge < -0.3 is 10.0 Å². The minimum absolute atomic E-state index is 0.175. The number of nitrogens with zero attached hydrogens (tertiary/aromatic N) is 1. The Bertz CT molecular complexity index is 301. The van der Waals surface area contributed by atoms with Crippen LogP contribution < -0.4 is 0 Å². The van der Waals surface area contributed by atoms with Crippen LogP contribution in [0.15, 0.2) is 0 Å². The maximum Gasteiger partial charge on any atom is 0.310 e. The van der Waals surface area contributed by atoms with Gasteiger partial charge in [0.15, 0.2) is 0 Å². The van der Waals surface area contributed by atoms with E-state index < -0.39 is 30.3 Å². The molecule has 0 radical (unpaired) electrons. The van der Waals surface area contributed by atoms with Crippen LogP contribution in [-0.2, 0) is 9.59 Å². The summed E-state index contributed by atoms with van der Waals surface area (Å²) in [4.78, 5) is 23.8. The number of rotatable bonds is 5. The summed E-state index contributed by atoms with van der Waals surface area (Å²) in [6.45, 7) is -0.644. The van der Waals surface area contributed by atoms with E-state index in [1.165, 1.54) is 7.05 Å². The Kier molecular flexibility index (Phi) is 4.42. The van der Waals surface area contributed by atoms with E-state index in [9.17, 15) is 18.4 Å². The van der Waals surface area contributed by atoms with Crippen LogP contribution in [0.4, 0.5) is 8.78 Å². The van der Waals surface area contributed by atoms with E-state index in [1.54, 1.807) is 0 Å². The van der Waals surface area contributed by atoms with Crippen LogP contribution >= 0.6 is 0 Å². The summed E-state index contributed by atoms with van der Waals surface area (Å²) in [7, 11) is 1.28. The Morgan fingerprint density at radius 1 is 1.35 bits per heavy atom. The molecule has 1 N–H and O–H groups in total. The molecule has 0 spiro atoms. The summed E-state index contributed by atoms with van der Waals surface area (Å²) in [6.07, 6.45) is -0.303. The number of halogens is 2. The second-order valence-corrected chi connectivity index (χ2v) is 4.63. The van der Waals surface area contributed by atoms with Crippen LogP contribution in [0.2, 0.25) is 0 Å². The number of carbonyl (C=O) groups excluding carboxylic acids is 1. The molecule has 17 heavy (non-hydrogen) atoms. The molecule has 1 saturated carbocycles. The molecule has 0 saturated heterocycles. The lowest BCUT2D eigenvalue weighted by Gasteiger charge is -2.26. The van der Waals surface area contributed by atoms with E-state index in [-0.39, 0.29) is 6.42 Å². The fraction of sp³-hybridized carbons (Fsp3) is 0.818. The fourth-order valence-corrected chi connectivity index (χ4v) is 2.25. The van der Waals surface area contributed by atoms with Gasteiger partial charge >= 0.3 is 5.97 Å². The monoisotopic (exact) mass is 249 g/mol. The summed E-state index contributed by atoms with van der Waals surface area (Å²) < 4.78 is 24.2. The van der Waals surface area contributed by atoms with Crippen molar-refractivity contribution in [2.45, 2.75) is 38.5 Å². The second kappa shape index (κ2) is 5.42. The van der Waals surface area contributed by atoms with E-state index in [4.69, 9.17) is 5.11 Å². The van der Waals surface area contributed by atoms with Crippen molar-refractivity contribution in [1.82, 2.24) is 4.90 Å². The first-order chi connectivity index (χ1) is 7.87. The molecule has 1 aliphatic carbocycles. The van der Waals surface area contributed by atoms with Gasteiger partial charge in [-0.15, -0.1) is 0 Å². The molecule has 1 aliphatic rings. The number of aliphatic carboxylic acids is 1. The Hall–Kier alpha value is -1.20. The Labute approximate surface area is 98.6 Å². The van der Waals surface area contributed by atoms with Crippen molar-refractivity contribution in [2.24, 2.45) is 5.41 Å². The molecular formula is C11H17F2NO3. The fourth-order valence-electron chi connectivity index (χ4n) is 2.25. The van der Waals surface area contributed by atoms with Crippen LogP contribution in [0, 0.1) is 5.41 Å². The molecule has 98 valence electrons. The zero-order valence-electron chi connectivity index (χ0n) is 9.79. The Morgan fingerprint density at radius 3 is 2.29 bits per heavy atom. The van der Waals surface area contributed by atoms with Gasteiger partial charge in [-0.25, -0.2) is 8.78 Å². The summed E-state index contributed by atoms with van der Waals surface area (Å²) in [5.74, 6) is -1.51. The minimum Gasteiger partial charge on any atom is -0.481 e. The van der Waals surface area contributed by atoms with Crippen LogP contribution in [-0.4, -0.2) is 41.9 Å². The molecule has 0 aromatic heterocycles. The third-order valence-electron chi connectivity index (χ3n) is 3.34. The van der Waals surface area contributed by atoms with E-state index in [1.807, 2.05) is 0 Å². The highest BCUT2D eigenvalue weighted by Crippen LogP contribution is 2.41. The van der Waals surface area contributed by atoms with Gasteiger partial charge in [0, 0.05) is 13.5 Å². The quantitative estimate of drug-likeness (QED) is 0.807. The van der Waals surface area contributed by atoms with E-state index in [0.29, 0.717) is 12.8 Å². The number of hydrogen-bond donors (Lipinski definition) is 1. The molecule has 0 aliphatic heterocycles. The maximum atomic E-state index is 12.1. The van der Waals surface area contributed by atoms with Crippen molar-refractivity contribution >= 4 is 11.9 Å². The highest BCUT2D eigenvalue weighted by atomic mass is 19.3. The van der Waals surface area contributed by atoms with E-state index in [2.05, 4.69) is 0 Å². The first-order valence-corrected chi connectivity index (χ1v) is 5.63. The smallest absolute Gasteiger partial charge is 0.310 e. The zero-order valence-corrected chi connectivity index (χ0v) is 9.79. The van der Waals surface area contributed by atoms with Gasteiger partial charge in [-0.3, -0.25) is 9.59 Å². The summed E-state index contributed by atoms with van der Waals surface area (Å²) in [5, 5.41) is 9.16. The van der Waals surface area contributed by atoms with Crippen molar-refractivity contribution in [2.75, 3.05) is 13.6 Å². The topological polar surface area (TPSA) is 57.6 Å². The first kappa shape index (κ1) is 13.9. The van der Waals surface area contributed by atoms with Gasteiger partial charge in [0.25, 0.3) is 6.43 Å². The molecule has 6 heteroatoms. The largest absolute Gasteiger partial charge is 0.481 e. The third-order valence-corrected chi connectivity index (χ3v) is 3.34. The molecular weight excluding hydrogens is 232 g/mol. The van der Waals surface area contributed by atoms with Crippen LogP contribution in [0.3, 0.4) is 0 Å². The molecule has 1 fully saturated rings. The molecule has 0 heterocycles. The molecule has 1 rings (SSSR count). The molecule has 0 unspecified atom stereocenters. The average molecular weight is 249 g/mol. The van der Waals surface area contributed by atoms with Crippen LogP contribution in [0.5, 0.6) is 0 Å². The third kappa shape index (κ3) is 3.38. The van der Waals surface area contributed by atoms with Crippen molar-refractivity contribution in [3.8, 4) is 0 Å². The summed E-state index contributed by atoms with van der Waals surface area (Å²) in [5.41, 5.74) is -1.03. The second-order valence-electron chi connectivity index (χ2n) is 4.63. The SMILES string of the molecule is CN(CC(F)F)C(=O)CC1(C(=O)O)CCCC1. The number of carboxylic acids is 1. The Morgan fingerprint density at radius 2 is 1.88 bits per heavy atom. The highest BCUT2D eigenvalue weighted by molar-refractivity contribution is 5.85. The molecule has 4 nitrogen and oxygen atoms in total. The van der Waals surface area contributed by atoms with Gasteiger partial charge in [0.1, 0.15) is 0 Å². The van der Waals surface area contributed by atoms with Crippen molar-refractivity contribution < 1.29 is 23.5 Å². The first-order valence-electron chi connectivity index (χ1n) is 5.63. The van der Waals surface area contributed by atoms with Crippen LogP contribution in [0.25, 0.3) is 0 Å². The highest BCUT2D eigenvalue weighted by Gasteiger charge is 2.43. The van der Waals surface area contributed by atoms with Gasteiger partial charge in [0.2, 0.25) is 5.91 Å². The lowest BCUT2D eigenvalue weighted by Crippen LogP contribution is -2.38. The maximum absolute atomic E-state index is 12.1. The van der Waals surface area contributed by atoms with E-state index >= 15 is 0 Å². The standard InChI is InChI=1S/C11H17F2NO3/c1-14(7-8(12)13)9(15)6-11(10(16)17)4-2-3-5-11/h8H,2-7H2,1H3,(H,16,17). The lowest BCUT2D eigenvalue weighted by atomic mass is 9.82. The van der Waals surface area contributed by atoms with Crippen molar-refractivity contribution in [1.29, 1.82) is 0 Å². The van der Waals surface area contributed by atoms with Crippen LogP contribution in [0.1, 0.15) is 32.1 Å². The van der Waals surface area contributed by atoms with Gasteiger partial charge in [0.05, 0.1) is 12.0 Å². The number of alkyl halides is 2. The van der Waals surface area contributed by atoms with E-state index in [0.717, 1.165) is 17.7 Å². The minimum atomic E-state index is -2.59. The molecule has 0 aromatic rings. The average Bonchev–Trinajstić information content (AvgIpc) is 2.66.